The average Bonchev–Trinajstić information content (AvgIpc) is 2.74. The summed E-state index contributed by atoms with van der Waals surface area (Å²) >= 11 is 0. The first kappa shape index (κ1) is 13.7. The lowest BCUT2D eigenvalue weighted by Crippen LogP contribution is -2.11. The molecule has 4 nitrogen and oxygen atoms in total. The quantitative estimate of drug-likeness (QED) is 0.899. The Balaban J connectivity index is 2.30. The summed E-state index contributed by atoms with van der Waals surface area (Å²) in [5.74, 6) is 0.169. The van der Waals surface area contributed by atoms with Crippen LogP contribution in [0, 0.1) is 11.7 Å². The Morgan fingerprint density at radius 1 is 1.32 bits per heavy atom. The molecule has 2 rings (SSSR count). The topological polar surface area (TPSA) is 50.9 Å². The molecule has 0 spiro atoms. The van der Waals surface area contributed by atoms with E-state index in [0.717, 1.165) is 12.1 Å². The second-order valence-electron chi connectivity index (χ2n) is 4.99. The minimum absolute atomic E-state index is 0.140. The van der Waals surface area contributed by atoms with Crippen molar-refractivity contribution in [3.8, 4) is 0 Å². The molecule has 0 aliphatic heterocycles. The number of benzene rings is 1. The molecule has 1 heterocycles. The van der Waals surface area contributed by atoms with Crippen LogP contribution in [-0.4, -0.2) is 20.1 Å². The van der Waals surface area contributed by atoms with Crippen molar-refractivity contribution in [3.05, 3.63) is 47.0 Å². The minimum atomic E-state index is -0.251. The van der Waals surface area contributed by atoms with Gasteiger partial charge in [-0.05, 0) is 18.4 Å². The molecule has 0 unspecified atom stereocenters. The van der Waals surface area contributed by atoms with E-state index < -0.39 is 0 Å². The van der Waals surface area contributed by atoms with Gasteiger partial charge in [0.1, 0.15) is 11.5 Å². The molecular formula is C14H18FN3O. The highest BCUT2D eigenvalue weighted by molar-refractivity contribution is 5.19. The maximum Gasteiger partial charge on any atom is 0.128 e. The lowest BCUT2D eigenvalue weighted by atomic mass is 10.1. The molecule has 5 heteroatoms. The molecule has 0 aliphatic carbocycles. The fraction of sp³-hybridized carbons (Fsp3) is 0.429. The largest absolute Gasteiger partial charge is 0.390 e. The molecule has 2 aromatic rings. The Hall–Kier alpha value is -1.75. The molecule has 0 saturated carbocycles. The van der Waals surface area contributed by atoms with E-state index in [2.05, 4.69) is 24.2 Å². The maximum absolute atomic E-state index is 13.6. The van der Waals surface area contributed by atoms with Gasteiger partial charge in [-0.25, -0.2) is 9.07 Å². The zero-order chi connectivity index (χ0) is 13.8. The zero-order valence-corrected chi connectivity index (χ0v) is 11.2. The third-order valence-electron chi connectivity index (χ3n) is 2.95. The van der Waals surface area contributed by atoms with Crippen LogP contribution in [0.25, 0.3) is 0 Å². The first-order valence-electron chi connectivity index (χ1n) is 6.37. The summed E-state index contributed by atoms with van der Waals surface area (Å²) in [5, 5.41) is 17.2. The van der Waals surface area contributed by atoms with E-state index in [-0.39, 0.29) is 12.4 Å². The molecule has 0 aliphatic rings. The monoisotopic (exact) mass is 263 g/mol. The van der Waals surface area contributed by atoms with Gasteiger partial charge in [0.2, 0.25) is 0 Å². The highest BCUT2D eigenvalue weighted by atomic mass is 19.1. The van der Waals surface area contributed by atoms with Crippen LogP contribution in [-0.2, 0) is 19.6 Å². The summed E-state index contributed by atoms with van der Waals surface area (Å²) in [6, 6.07) is 6.62. The van der Waals surface area contributed by atoms with Crippen molar-refractivity contribution < 1.29 is 9.50 Å². The first-order valence-corrected chi connectivity index (χ1v) is 6.37. The fourth-order valence-electron chi connectivity index (χ4n) is 2.02. The van der Waals surface area contributed by atoms with Gasteiger partial charge in [0, 0.05) is 5.56 Å². The second-order valence-corrected chi connectivity index (χ2v) is 4.99. The second kappa shape index (κ2) is 5.93. The maximum atomic E-state index is 13.6. The minimum Gasteiger partial charge on any atom is -0.390 e. The molecule has 0 amide bonds. The Kier molecular flexibility index (Phi) is 4.27. The van der Waals surface area contributed by atoms with Gasteiger partial charge < -0.3 is 5.11 Å². The standard InChI is InChI=1S/C14H18FN3O/c1-10(2)7-14-13(9-19)16-17-18(14)8-11-5-3-4-6-12(11)15/h3-6,10,19H,7-9H2,1-2H3. The van der Waals surface area contributed by atoms with E-state index in [1.165, 1.54) is 6.07 Å². The summed E-state index contributed by atoms with van der Waals surface area (Å²) in [7, 11) is 0. The van der Waals surface area contributed by atoms with Crippen LogP contribution in [0.3, 0.4) is 0 Å². The number of halogens is 1. The van der Waals surface area contributed by atoms with Crippen molar-refractivity contribution in [3.63, 3.8) is 0 Å². The summed E-state index contributed by atoms with van der Waals surface area (Å²) < 4.78 is 15.3. The average molecular weight is 263 g/mol. The molecular weight excluding hydrogens is 245 g/mol. The summed E-state index contributed by atoms with van der Waals surface area (Å²) in [4.78, 5) is 0. The van der Waals surface area contributed by atoms with E-state index in [0.29, 0.717) is 23.7 Å². The predicted molar refractivity (Wildman–Crippen MR) is 70.0 cm³/mol. The van der Waals surface area contributed by atoms with E-state index in [9.17, 15) is 9.50 Å². The molecule has 0 fully saturated rings. The van der Waals surface area contributed by atoms with E-state index >= 15 is 0 Å². The van der Waals surface area contributed by atoms with Gasteiger partial charge in [0.25, 0.3) is 0 Å². The van der Waals surface area contributed by atoms with Gasteiger partial charge in [-0.3, -0.25) is 0 Å². The van der Waals surface area contributed by atoms with E-state index in [1.54, 1.807) is 22.9 Å². The van der Waals surface area contributed by atoms with Crippen LogP contribution >= 0.6 is 0 Å². The van der Waals surface area contributed by atoms with Crippen molar-refractivity contribution in [2.45, 2.75) is 33.4 Å². The normalized spacial score (nSPS) is 11.2. The molecule has 1 aromatic heterocycles. The van der Waals surface area contributed by atoms with Crippen LogP contribution in [0.2, 0.25) is 0 Å². The van der Waals surface area contributed by atoms with Crippen molar-refractivity contribution in [1.29, 1.82) is 0 Å². The van der Waals surface area contributed by atoms with Gasteiger partial charge in [-0.15, -0.1) is 5.10 Å². The van der Waals surface area contributed by atoms with Crippen molar-refractivity contribution >= 4 is 0 Å². The first-order chi connectivity index (χ1) is 9.11. The van der Waals surface area contributed by atoms with E-state index in [4.69, 9.17) is 0 Å². The van der Waals surface area contributed by atoms with Crippen LogP contribution in [0.5, 0.6) is 0 Å². The Bertz CT molecular complexity index is 551. The molecule has 0 saturated heterocycles. The zero-order valence-electron chi connectivity index (χ0n) is 11.2. The number of nitrogens with zero attached hydrogens (tertiary/aromatic N) is 3. The lowest BCUT2D eigenvalue weighted by Gasteiger charge is -2.10. The molecule has 19 heavy (non-hydrogen) atoms. The van der Waals surface area contributed by atoms with Gasteiger partial charge in [-0.1, -0.05) is 37.3 Å². The molecule has 0 radical (unpaired) electrons. The smallest absolute Gasteiger partial charge is 0.128 e. The van der Waals surface area contributed by atoms with Gasteiger partial charge in [0.15, 0.2) is 0 Å². The molecule has 1 N–H and O–H groups in total. The summed E-state index contributed by atoms with van der Waals surface area (Å²) in [6.07, 6.45) is 0.761. The Labute approximate surface area is 111 Å². The van der Waals surface area contributed by atoms with Gasteiger partial charge in [-0.2, -0.15) is 0 Å². The predicted octanol–water partition coefficient (Wildman–Crippen LogP) is 2.16. The van der Waals surface area contributed by atoms with Crippen LogP contribution in [0.4, 0.5) is 4.39 Å². The van der Waals surface area contributed by atoms with Crippen LogP contribution in [0.15, 0.2) is 24.3 Å². The Morgan fingerprint density at radius 3 is 2.68 bits per heavy atom. The number of hydrogen-bond acceptors (Lipinski definition) is 3. The van der Waals surface area contributed by atoms with Crippen molar-refractivity contribution in [2.24, 2.45) is 5.92 Å². The van der Waals surface area contributed by atoms with Gasteiger partial charge in [0.05, 0.1) is 18.8 Å². The molecule has 0 atom stereocenters. The van der Waals surface area contributed by atoms with Crippen molar-refractivity contribution in [1.82, 2.24) is 15.0 Å². The molecule has 102 valence electrons. The number of hydrogen-bond donors (Lipinski definition) is 1. The van der Waals surface area contributed by atoms with Crippen LogP contribution < -0.4 is 0 Å². The fourth-order valence-corrected chi connectivity index (χ4v) is 2.02. The van der Waals surface area contributed by atoms with Crippen LogP contribution in [0.1, 0.15) is 30.8 Å². The third kappa shape index (κ3) is 3.17. The molecule has 0 bridgehead atoms. The Morgan fingerprint density at radius 2 is 2.05 bits per heavy atom. The number of rotatable bonds is 5. The van der Waals surface area contributed by atoms with Crippen molar-refractivity contribution in [2.75, 3.05) is 0 Å². The SMILES string of the molecule is CC(C)Cc1c(CO)nnn1Cc1ccccc1F. The third-order valence-corrected chi connectivity index (χ3v) is 2.95. The number of aliphatic hydroxyl groups is 1. The molecule has 1 aromatic carbocycles. The highest BCUT2D eigenvalue weighted by Gasteiger charge is 2.14. The number of aromatic nitrogens is 3. The highest BCUT2D eigenvalue weighted by Crippen LogP contribution is 2.15. The summed E-state index contributed by atoms with van der Waals surface area (Å²) in [5.41, 5.74) is 2.02. The lowest BCUT2D eigenvalue weighted by molar-refractivity contribution is 0.275. The van der Waals surface area contributed by atoms with E-state index in [1.807, 2.05) is 0 Å². The van der Waals surface area contributed by atoms with Gasteiger partial charge >= 0.3 is 0 Å². The summed E-state index contributed by atoms with van der Waals surface area (Å²) in [6.45, 7) is 4.37. The number of aliphatic hydroxyl groups excluding tert-OH is 1.